The third kappa shape index (κ3) is 8.07. The zero-order valence-electron chi connectivity index (χ0n) is 43.4. The molecule has 1 aromatic heterocycles. The van der Waals surface area contributed by atoms with E-state index < -0.39 is 0 Å². The third-order valence-corrected chi connectivity index (χ3v) is 15.4. The number of benzene rings is 10. The second-order valence-corrected chi connectivity index (χ2v) is 20.6. The molecule has 1 heterocycles. The highest BCUT2D eigenvalue weighted by Crippen LogP contribution is 2.61. The monoisotopic (exact) mass is 969 g/mol. The summed E-state index contributed by atoms with van der Waals surface area (Å²) in [5.41, 5.74) is 18.4. The smallest absolute Gasteiger partial charge is 0.148 e. The van der Waals surface area contributed by atoms with Crippen LogP contribution in [0.25, 0.3) is 71.5 Å². The molecular formula is C70H59N5. The van der Waals surface area contributed by atoms with Gasteiger partial charge in [0.25, 0.3) is 0 Å². The van der Waals surface area contributed by atoms with E-state index in [1.165, 1.54) is 76.8 Å². The number of rotatable bonds is 10. The zero-order chi connectivity index (χ0) is 51.3. The van der Waals surface area contributed by atoms with E-state index in [0.29, 0.717) is 0 Å². The molecule has 1 N–H and O–H groups in total. The molecule has 0 unspecified atom stereocenters. The van der Waals surface area contributed by atoms with Gasteiger partial charge in [-0.1, -0.05) is 198 Å². The van der Waals surface area contributed by atoms with Gasteiger partial charge in [0.2, 0.25) is 0 Å². The highest BCUT2D eigenvalue weighted by atomic mass is 15.2. The molecule has 0 fully saturated rings. The summed E-state index contributed by atoms with van der Waals surface area (Å²) >= 11 is 0. The molecular weight excluding hydrogens is 911 g/mol. The van der Waals surface area contributed by atoms with Gasteiger partial charge < -0.3 is 10.2 Å². The molecule has 364 valence electrons. The van der Waals surface area contributed by atoms with Crippen LogP contribution >= 0.6 is 0 Å². The van der Waals surface area contributed by atoms with Gasteiger partial charge in [-0.25, -0.2) is 4.98 Å². The van der Waals surface area contributed by atoms with Crippen molar-refractivity contribution in [3.63, 3.8) is 0 Å². The maximum Gasteiger partial charge on any atom is 0.148 e. The Morgan fingerprint density at radius 3 is 1.57 bits per heavy atom. The Morgan fingerprint density at radius 1 is 0.547 bits per heavy atom. The molecule has 2 aliphatic carbocycles. The number of aliphatic imine (C=N–C) groups is 1. The zero-order valence-corrected chi connectivity index (χ0v) is 43.4. The van der Waals surface area contributed by atoms with Crippen LogP contribution < -0.4 is 10.2 Å². The van der Waals surface area contributed by atoms with E-state index in [0.717, 1.165) is 57.5 Å². The van der Waals surface area contributed by atoms with Gasteiger partial charge in [-0.05, 0) is 139 Å². The van der Waals surface area contributed by atoms with Crippen molar-refractivity contribution >= 4 is 67.1 Å². The van der Waals surface area contributed by atoms with Crippen molar-refractivity contribution in [3.8, 4) is 33.5 Å². The summed E-state index contributed by atoms with van der Waals surface area (Å²) < 4.78 is 0. The molecule has 75 heavy (non-hydrogen) atoms. The summed E-state index contributed by atoms with van der Waals surface area (Å²) in [6.07, 6.45) is 11.0. The Hall–Kier alpha value is -8.93. The largest absolute Gasteiger partial charge is 0.339 e. The summed E-state index contributed by atoms with van der Waals surface area (Å²) in [4.78, 5) is 17.2. The van der Waals surface area contributed by atoms with E-state index in [2.05, 4.69) is 197 Å². The maximum atomic E-state index is 5.27. The molecule has 0 spiro atoms. The van der Waals surface area contributed by atoms with Crippen LogP contribution in [0.4, 0.5) is 22.9 Å². The van der Waals surface area contributed by atoms with Crippen molar-refractivity contribution in [2.75, 3.05) is 10.2 Å². The number of hydrogen-bond acceptors (Lipinski definition) is 5. The van der Waals surface area contributed by atoms with E-state index >= 15 is 0 Å². The van der Waals surface area contributed by atoms with E-state index in [-0.39, 0.29) is 10.8 Å². The fraction of sp³-hybridized carbons (Fsp3) is 0.129. The molecule has 0 radical (unpaired) electrons. The average molecular weight is 970 g/mol. The number of nitrogens with one attached hydrogen (secondary N) is 1. The van der Waals surface area contributed by atoms with E-state index in [9.17, 15) is 0 Å². The summed E-state index contributed by atoms with van der Waals surface area (Å²) in [5, 5.41) is 11.4. The van der Waals surface area contributed by atoms with Gasteiger partial charge in [0, 0.05) is 39.0 Å². The molecule has 11 aromatic rings. The number of para-hydroxylation sites is 3. The molecule has 13 rings (SSSR count). The fourth-order valence-corrected chi connectivity index (χ4v) is 12.1. The van der Waals surface area contributed by atoms with Gasteiger partial charge >= 0.3 is 0 Å². The van der Waals surface area contributed by atoms with Crippen molar-refractivity contribution < 1.29 is 0 Å². The maximum absolute atomic E-state index is 5.27. The second-order valence-electron chi connectivity index (χ2n) is 20.6. The fourth-order valence-electron chi connectivity index (χ4n) is 12.1. The molecule has 0 amide bonds. The lowest BCUT2D eigenvalue weighted by Crippen LogP contribution is -2.17. The van der Waals surface area contributed by atoms with Crippen molar-refractivity contribution in [2.24, 2.45) is 4.99 Å². The molecule has 2 aliphatic rings. The molecule has 5 nitrogen and oxygen atoms in total. The Kier molecular flexibility index (Phi) is 12.0. The van der Waals surface area contributed by atoms with Gasteiger partial charge in [0.05, 0.1) is 35.7 Å². The Morgan fingerprint density at radius 2 is 1.05 bits per heavy atom. The Labute approximate surface area is 440 Å². The summed E-state index contributed by atoms with van der Waals surface area (Å²) in [7, 11) is 0. The molecule has 0 bridgehead atoms. The molecule has 0 atom stereocenters. The lowest BCUT2D eigenvalue weighted by atomic mass is 9.75. The Balaban J connectivity index is 0.000000888. The highest BCUT2D eigenvalue weighted by Gasteiger charge is 2.43. The van der Waals surface area contributed by atoms with Crippen molar-refractivity contribution in [1.29, 1.82) is 0 Å². The number of anilines is 4. The molecule has 10 aromatic carbocycles. The van der Waals surface area contributed by atoms with Crippen LogP contribution in [0.2, 0.25) is 0 Å². The van der Waals surface area contributed by atoms with Crippen LogP contribution in [0.1, 0.15) is 75.8 Å². The van der Waals surface area contributed by atoms with Gasteiger partial charge in [-0.2, -0.15) is 0 Å². The van der Waals surface area contributed by atoms with Crippen LogP contribution in [0, 0.1) is 0 Å². The number of hydrogen-bond donors (Lipinski definition) is 1. The van der Waals surface area contributed by atoms with Crippen LogP contribution in [0.15, 0.2) is 235 Å². The number of fused-ring (bicyclic) bond motifs is 10. The first kappa shape index (κ1) is 47.1. The number of aromatic nitrogens is 2. The van der Waals surface area contributed by atoms with Crippen LogP contribution in [0.3, 0.4) is 0 Å². The average Bonchev–Trinajstić information content (AvgIpc) is 3.87. The van der Waals surface area contributed by atoms with Gasteiger partial charge in [0.15, 0.2) is 0 Å². The topological polar surface area (TPSA) is 53.4 Å². The second kappa shape index (κ2) is 19.2. The SMILES string of the molecule is C\C=C(/N=C\C(=C/CC)N(c1ccccc1)c1ccccc1)c1ccc2c(c1)C(C)(C)c1c-2c2cccc3c4c(c5cccc1c5c23)-c1ccc(-c2cnc(Nc3ccccc3)cn2)cc1C4(C)C.c1ccccc1. The molecule has 0 saturated carbocycles. The van der Waals surface area contributed by atoms with Crippen LogP contribution in [-0.4, -0.2) is 16.2 Å². The first-order valence-electron chi connectivity index (χ1n) is 26.2. The predicted molar refractivity (Wildman–Crippen MR) is 318 cm³/mol. The van der Waals surface area contributed by atoms with Crippen molar-refractivity contribution in [3.05, 3.63) is 258 Å². The first-order valence-corrected chi connectivity index (χ1v) is 26.2. The predicted octanol–water partition coefficient (Wildman–Crippen LogP) is 18.6. The van der Waals surface area contributed by atoms with Gasteiger partial charge in [0.1, 0.15) is 5.82 Å². The lowest BCUT2D eigenvalue weighted by Gasteiger charge is -2.28. The summed E-state index contributed by atoms with van der Waals surface area (Å²) in [6.45, 7) is 13.9. The molecule has 0 aliphatic heterocycles. The van der Waals surface area contributed by atoms with Crippen LogP contribution in [-0.2, 0) is 10.8 Å². The number of nitrogens with zero attached hydrogens (tertiary/aromatic N) is 4. The van der Waals surface area contributed by atoms with Crippen LogP contribution in [0.5, 0.6) is 0 Å². The van der Waals surface area contributed by atoms with E-state index in [4.69, 9.17) is 15.0 Å². The lowest BCUT2D eigenvalue weighted by molar-refractivity contribution is 0.665. The third-order valence-electron chi connectivity index (χ3n) is 15.4. The van der Waals surface area contributed by atoms with E-state index in [1.807, 2.05) is 85.3 Å². The highest BCUT2D eigenvalue weighted by molar-refractivity contribution is 6.33. The summed E-state index contributed by atoms with van der Waals surface area (Å²) in [6, 6.07) is 71.2. The van der Waals surface area contributed by atoms with Gasteiger partial charge in [-0.3, -0.25) is 9.98 Å². The minimum absolute atomic E-state index is 0.267. The minimum Gasteiger partial charge on any atom is -0.339 e. The van der Waals surface area contributed by atoms with E-state index in [1.54, 1.807) is 0 Å². The van der Waals surface area contributed by atoms with Crippen molar-refractivity contribution in [2.45, 2.75) is 58.8 Å². The van der Waals surface area contributed by atoms with Gasteiger partial charge in [-0.15, -0.1) is 0 Å². The molecule has 0 saturated heterocycles. The first-order chi connectivity index (χ1) is 36.7. The summed E-state index contributed by atoms with van der Waals surface area (Å²) in [5.74, 6) is 0.719. The van der Waals surface area contributed by atoms with Crippen molar-refractivity contribution in [1.82, 2.24) is 9.97 Å². The number of allylic oxidation sites excluding steroid dienone is 3. The quantitative estimate of drug-likeness (QED) is 0.110. The standard InChI is InChI=1S/C64H53N5.C6H6/c1-7-20-45(69(43-23-14-10-15-24-43)44-25-16-11-17-26-44)37-65-54(8-2)40-31-33-46-52(35-40)63(3,4)61-50-29-19-28-49-58(50)57-48(59(46)61)27-18-30-51(57)62-60(49)47-34-32-41(36-53(47)64(62,5)6)55-38-67-56(39-66-55)68-42-21-12-9-13-22-42;1-2-4-6-5-3-1/h8-39H,7H2,1-6H3,(H,67,68);1-6H/b45-20+,54-8-,65-37-;. The minimum atomic E-state index is -0.277. The molecule has 5 heteroatoms. The Bertz CT molecular complexity index is 3920. The normalized spacial score (nSPS) is 14.1.